The van der Waals surface area contributed by atoms with Crippen LogP contribution in [0.4, 0.5) is 0 Å². The van der Waals surface area contributed by atoms with E-state index >= 15 is 0 Å². The van der Waals surface area contributed by atoms with Gasteiger partial charge in [-0.05, 0) is 42.6 Å². The molecule has 1 atom stereocenters. The van der Waals surface area contributed by atoms with E-state index < -0.39 is 6.10 Å². The van der Waals surface area contributed by atoms with Gasteiger partial charge in [0.25, 0.3) is 0 Å². The first-order valence-electron chi connectivity index (χ1n) is 9.30. The molecule has 2 rings (SSSR count). The predicted molar refractivity (Wildman–Crippen MR) is 103 cm³/mol. The number of benzene rings is 2. The lowest BCUT2D eigenvalue weighted by Crippen LogP contribution is -2.30. The van der Waals surface area contributed by atoms with Gasteiger partial charge in [0.2, 0.25) is 0 Å². The Kier molecular flexibility index (Phi) is 8.00. The zero-order valence-electron chi connectivity index (χ0n) is 15.1. The highest BCUT2D eigenvalue weighted by Gasteiger charge is 2.13. The van der Waals surface area contributed by atoms with Crippen molar-refractivity contribution in [3.8, 4) is 11.1 Å². The molecule has 0 radical (unpaired) electrons. The average Bonchev–Trinajstić information content (AvgIpc) is 2.64. The molecule has 0 aliphatic heterocycles. The van der Waals surface area contributed by atoms with Crippen molar-refractivity contribution in [2.45, 2.75) is 45.6 Å². The summed E-state index contributed by atoms with van der Waals surface area (Å²) in [4.78, 5) is 2.41. The van der Waals surface area contributed by atoms with E-state index in [0.717, 1.165) is 25.2 Å². The summed E-state index contributed by atoms with van der Waals surface area (Å²) in [5, 5.41) is 10.6. The zero-order valence-corrected chi connectivity index (χ0v) is 15.1. The third-order valence-electron chi connectivity index (χ3n) is 4.49. The molecular weight excluding hydrogens is 294 g/mol. The van der Waals surface area contributed by atoms with Gasteiger partial charge in [-0.1, -0.05) is 81.3 Å². The number of hydrogen-bond acceptors (Lipinski definition) is 2. The molecule has 0 aliphatic rings. The zero-order chi connectivity index (χ0) is 17.2. The Morgan fingerprint density at radius 2 is 1.33 bits per heavy atom. The monoisotopic (exact) mass is 325 g/mol. The van der Waals surface area contributed by atoms with Crippen LogP contribution in [0.1, 0.15) is 51.2 Å². The van der Waals surface area contributed by atoms with E-state index in [2.05, 4.69) is 67.3 Å². The van der Waals surface area contributed by atoms with Crippen molar-refractivity contribution < 1.29 is 5.11 Å². The quantitative estimate of drug-likeness (QED) is 0.641. The second kappa shape index (κ2) is 10.3. The van der Waals surface area contributed by atoms with Gasteiger partial charge in [0.05, 0.1) is 6.10 Å². The van der Waals surface area contributed by atoms with Crippen LogP contribution in [0.3, 0.4) is 0 Å². The van der Waals surface area contributed by atoms with E-state index in [0.29, 0.717) is 0 Å². The van der Waals surface area contributed by atoms with Gasteiger partial charge >= 0.3 is 0 Å². The highest BCUT2D eigenvalue weighted by molar-refractivity contribution is 5.63. The number of aliphatic hydroxyl groups excluding tert-OH is 1. The van der Waals surface area contributed by atoms with E-state index in [9.17, 15) is 5.11 Å². The Labute approximate surface area is 147 Å². The molecule has 0 aliphatic carbocycles. The van der Waals surface area contributed by atoms with E-state index in [-0.39, 0.29) is 0 Å². The van der Waals surface area contributed by atoms with Crippen molar-refractivity contribution in [1.82, 2.24) is 4.90 Å². The average molecular weight is 325 g/mol. The van der Waals surface area contributed by atoms with Crippen LogP contribution in [0.2, 0.25) is 0 Å². The molecule has 2 heteroatoms. The normalized spacial score (nSPS) is 12.5. The van der Waals surface area contributed by atoms with Gasteiger partial charge in [-0.25, -0.2) is 0 Å². The summed E-state index contributed by atoms with van der Waals surface area (Å²) in [5.41, 5.74) is 3.42. The molecule has 2 aromatic rings. The standard InChI is InChI=1S/C22H31NO/c1-3-5-16-23(17-6-4-2)18-22(24)21-14-12-20(13-15-21)19-10-8-7-9-11-19/h7-15,22,24H,3-6,16-18H2,1-2H3/t22-/m0/s1. The molecule has 0 saturated heterocycles. The van der Waals surface area contributed by atoms with Gasteiger partial charge in [-0.2, -0.15) is 0 Å². The Morgan fingerprint density at radius 3 is 1.88 bits per heavy atom. The largest absolute Gasteiger partial charge is 0.387 e. The van der Waals surface area contributed by atoms with E-state index in [1.165, 1.54) is 36.8 Å². The van der Waals surface area contributed by atoms with Gasteiger partial charge in [0.15, 0.2) is 0 Å². The third kappa shape index (κ3) is 5.77. The van der Waals surface area contributed by atoms with Crippen molar-refractivity contribution in [3.05, 3.63) is 60.2 Å². The summed E-state index contributed by atoms with van der Waals surface area (Å²) in [6, 6.07) is 18.7. The summed E-state index contributed by atoms with van der Waals surface area (Å²) in [6.07, 6.45) is 4.38. The maximum absolute atomic E-state index is 10.6. The van der Waals surface area contributed by atoms with Gasteiger partial charge < -0.3 is 10.0 Å². The van der Waals surface area contributed by atoms with E-state index in [1.54, 1.807) is 0 Å². The number of hydrogen-bond donors (Lipinski definition) is 1. The van der Waals surface area contributed by atoms with E-state index in [4.69, 9.17) is 0 Å². The fourth-order valence-corrected chi connectivity index (χ4v) is 2.94. The van der Waals surface area contributed by atoms with Crippen molar-refractivity contribution >= 4 is 0 Å². The molecule has 0 amide bonds. The van der Waals surface area contributed by atoms with Crippen molar-refractivity contribution in [1.29, 1.82) is 0 Å². The minimum absolute atomic E-state index is 0.413. The topological polar surface area (TPSA) is 23.5 Å². The molecular formula is C22H31NO. The fourth-order valence-electron chi connectivity index (χ4n) is 2.94. The Morgan fingerprint density at radius 1 is 0.792 bits per heavy atom. The minimum Gasteiger partial charge on any atom is -0.387 e. The smallest absolute Gasteiger partial charge is 0.0916 e. The fraction of sp³-hybridized carbons (Fsp3) is 0.455. The van der Waals surface area contributed by atoms with E-state index in [1.807, 2.05) is 6.07 Å². The van der Waals surface area contributed by atoms with Crippen molar-refractivity contribution in [2.75, 3.05) is 19.6 Å². The van der Waals surface area contributed by atoms with Gasteiger partial charge in [-0.3, -0.25) is 0 Å². The summed E-state index contributed by atoms with van der Waals surface area (Å²) in [6.45, 7) is 7.32. The first-order valence-corrected chi connectivity index (χ1v) is 9.30. The van der Waals surface area contributed by atoms with Crippen LogP contribution in [0.25, 0.3) is 11.1 Å². The minimum atomic E-state index is -0.413. The molecule has 0 unspecified atom stereocenters. The third-order valence-corrected chi connectivity index (χ3v) is 4.49. The number of unbranched alkanes of at least 4 members (excludes halogenated alkanes) is 2. The molecule has 0 aromatic heterocycles. The molecule has 0 saturated carbocycles. The lowest BCUT2D eigenvalue weighted by molar-refractivity contribution is 0.111. The maximum Gasteiger partial charge on any atom is 0.0916 e. The molecule has 130 valence electrons. The van der Waals surface area contributed by atoms with Crippen LogP contribution in [-0.4, -0.2) is 29.6 Å². The van der Waals surface area contributed by atoms with Gasteiger partial charge in [0, 0.05) is 6.54 Å². The second-order valence-corrected chi connectivity index (χ2v) is 6.51. The summed E-state index contributed by atoms with van der Waals surface area (Å²) >= 11 is 0. The lowest BCUT2D eigenvalue weighted by atomic mass is 10.0. The van der Waals surface area contributed by atoms with Crippen LogP contribution < -0.4 is 0 Å². The highest BCUT2D eigenvalue weighted by Crippen LogP contribution is 2.22. The summed E-state index contributed by atoms with van der Waals surface area (Å²) in [7, 11) is 0. The van der Waals surface area contributed by atoms with Crippen molar-refractivity contribution in [2.24, 2.45) is 0 Å². The molecule has 0 bridgehead atoms. The van der Waals surface area contributed by atoms with Crippen LogP contribution >= 0.6 is 0 Å². The predicted octanol–water partition coefficient (Wildman–Crippen LogP) is 5.29. The molecule has 0 heterocycles. The van der Waals surface area contributed by atoms with Crippen LogP contribution in [0.5, 0.6) is 0 Å². The molecule has 24 heavy (non-hydrogen) atoms. The van der Waals surface area contributed by atoms with Gasteiger partial charge in [0.1, 0.15) is 0 Å². The van der Waals surface area contributed by atoms with Crippen LogP contribution in [0.15, 0.2) is 54.6 Å². The first kappa shape index (κ1) is 18.7. The number of aliphatic hydroxyl groups is 1. The summed E-state index contributed by atoms with van der Waals surface area (Å²) in [5.74, 6) is 0. The Bertz CT molecular complexity index is 556. The van der Waals surface area contributed by atoms with Crippen LogP contribution in [-0.2, 0) is 0 Å². The summed E-state index contributed by atoms with van der Waals surface area (Å²) < 4.78 is 0. The molecule has 1 N–H and O–H groups in total. The number of nitrogens with zero attached hydrogens (tertiary/aromatic N) is 1. The highest BCUT2D eigenvalue weighted by atomic mass is 16.3. The lowest BCUT2D eigenvalue weighted by Gasteiger charge is -2.25. The SMILES string of the molecule is CCCCN(CCCC)C[C@H](O)c1ccc(-c2ccccc2)cc1. The number of rotatable bonds is 10. The first-order chi connectivity index (χ1) is 11.7. The molecule has 0 fully saturated rings. The molecule has 2 aromatic carbocycles. The maximum atomic E-state index is 10.6. The molecule has 2 nitrogen and oxygen atoms in total. The molecule has 0 spiro atoms. The second-order valence-electron chi connectivity index (χ2n) is 6.51. The van der Waals surface area contributed by atoms with Gasteiger partial charge in [-0.15, -0.1) is 0 Å². The van der Waals surface area contributed by atoms with Crippen molar-refractivity contribution in [3.63, 3.8) is 0 Å². The van der Waals surface area contributed by atoms with Crippen LogP contribution in [0, 0.1) is 0 Å². The Balaban J connectivity index is 1.98. The Hall–Kier alpha value is -1.64.